The molecule has 3 aromatic heterocycles. The molecule has 4 heterocycles. The van der Waals surface area contributed by atoms with Crippen LogP contribution in [0.3, 0.4) is 0 Å². The molecule has 130 valence electrons. The lowest BCUT2D eigenvalue weighted by Gasteiger charge is -2.29. The van der Waals surface area contributed by atoms with Gasteiger partial charge in [0.05, 0.1) is 22.6 Å². The van der Waals surface area contributed by atoms with Crippen molar-refractivity contribution >= 4 is 28.5 Å². The molecule has 26 heavy (non-hydrogen) atoms. The number of hydrogen-bond acceptors (Lipinski definition) is 4. The maximum atomic E-state index is 6.48. The predicted molar refractivity (Wildman–Crippen MR) is 102 cm³/mol. The Balaban J connectivity index is 1.58. The first-order valence-corrected chi connectivity index (χ1v) is 8.91. The first-order chi connectivity index (χ1) is 12.7. The summed E-state index contributed by atoms with van der Waals surface area (Å²) in [6.07, 6.45) is 5.58. The Bertz CT molecular complexity index is 1110. The molecule has 0 saturated carbocycles. The van der Waals surface area contributed by atoms with E-state index in [1.807, 2.05) is 43.7 Å². The third kappa shape index (κ3) is 2.37. The molecular formula is C19H17ClN6. The second kappa shape index (κ2) is 5.85. The van der Waals surface area contributed by atoms with Gasteiger partial charge in [0.15, 0.2) is 0 Å². The van der Waals surface area contributed by atoms with E-state index in [4.69, 9.17) is 16.6 Å². The number of benzene rings is 1. The average molecular weight is 365 g/mol. The largest absolute Gasteiger partial charge is 0.347 e. The zero-order valence-electron chi connectivity index (χ0n) is 14.3. The summed E-state index contributed by atoms with van der Waals surface area (Å²) in [6.45, 7) is 2.53. The number of hydrogen-bond donors (Lipinski definition) is 0. The molecule has 0 aliphatic carbocycles. The number of aromatic nitrogens is 5. The van der Waals surface area contributed by atoms with Crippen molar-refractivity contribution in [2.24, 2.45) is 7.05 Å². The first kappa shape index (κ1) is 15.4. The topological polar surface area (TPSA) is 51.8 Å². The van der Waals surface area contributed by atoms with Crippen LogP contribution in [0, 0.1) is 0 Å². The van der Waals surface area contributed by atoms with Crippen molar-refractivity contribution in [3.63, 3.8) is 0 Å². The fourth-order valence-corrected chi connectivity index (χ4v) is 3.72. The molecule has 5 rings (SSSR count). The van der Waals surface area contributed by atoms with Gasteiger partial charge >= 0.3 is 0 Å². The van der Waals surface area contributed by atoms with E-state index in [0.717, 1.165) is 53.7 Å². The third-order valence-electron chi connectivity index (χ3n) is 4.94. The third-order valence-corrected chi connectivity index (χ3v) is 5.24. The number of nitrogens with zero attached hydrogens (tertiary/aromatic N) is 6. The maximum absolute atomic E-state index is 6.48. The van der Waals surface area contributed by atoms with Crippen LogP contribution in [0.4, 0.5) is 5.82 Å². The van der Waals surface area contributed by atoms with E-state index in [1.54, 1.807) is 6.20 Å². The molecular weight excluding hydrogens is 348 g/mol. The molecule has 0 amide bonds. The van der Waals surface area contributed by atoms with Gasteiger partial charge in [0.25, 0.3) is 0 Å². The fourth-order valence-electron chi connectivity index (χ4n) is 3.53. The van der Waals surface area contributed by atoms with Crippen molar-refractivity contribution in [3.8, 4) is 11.4 Å². The van der Waals surface area contributed by atoms with Crippen LogP contribution in [0.2, 0.25) is 5.02 Å². The minimum absolute atomic E-state index is 0.602. The Labute approximate surface area is 155 Å². The molecule has 0 spiro atoms. The summed E-state index contributed by atoms with van der Waals surface area (Å²) >= 11 is 6.48. The van der Waals surface area contributed by atoms with Crippen LogP contribution in [0.5, 0.6) is 0 Å². The lowest BCUT2D eigenvalue weighted by Crippen LogP contribution is -2.34. The van der Waals surface area contributed by atoms with E-state index < -0.39 is 0 Å². The van der Waals surface area contributed by atoms with Crippen LogP contribution in [0.15, 0.2) is 48.9 Å². The van der Waals surface area contributed by atoms with Crippen LogP contribution >= 0.6 is 11.6 Å². The van der Waals surface area contributed by atoms with E-state index in [9.17, 15) is 0 Å². The van der Waals surface area contributed by atoms with Crippen LogP contribution in [0.25, 0.3) is 22.4 Å². The summed E-state index contributed by atoms with van der Waals surface area (Å²) in [6, 6.07) is 10.1. The van der Waals surface area contributed by atoms with Crippen molar-refractivity contribution in [2.75, 3.05) is 11.4 Å². The van der Waals surface area contributed by atoms with E-state index in [0.29, 0.717) is 5.02 Å². The van der Waals surface area contributed by atoms with Crippen LogP contribution in [-0.2, 0) is 20.1 Å². The molecule has 0 N–H and O–H groups in total. The highest BCUT2D eigenvalue weighted by atomic mass is 35.5. The molecule has 1 aliphatic heterocycles. The summed E-state index contributed by atoms with van der Waals surface area (Å²) in [7, 11) is 2.01. The minimum Gasteiger partial charge on any atom is -0.347 e. The van der Waals surface area contributed by atoms with Crippen molar-refractivity contribution in [1.82, 2.24) is 24.1 Å². The van der Waals surface area contributed by atoms with Crippen molar-refractivity contribution in [3.05, 3.63) is 59.8 Å². The Hall–Kier alpha value is -2.86. The van der Waals surface area contributed by atoms with Crippen molar-refractivity contribution < 1.29 is 0 Å². The lowest BCUT2D eigenvalue weighted by molar-refractivity contribution is 0.556. The summed E-state index contributed by atoms with van der Waals surface area (Å²) in [4.78, 5) is 16.0. The minimum atomic E-state index is 0.602. The highest BCUT2D eigenvalue weighted by molar-refractivity contribution is 6.33. The number of aryl methyl sites for hydroxylation is 1. The Morgan fingerprint density at radius 2 is 2.00 bits per heavy atom. The number of imidazole rings is 2. The molecule has 1 aromatic carbocycles. The zero-order valence-corrected chi connectivity index (χ0v) is 15.1. The SMILES string of the molecule is Cn1c(-c2cc(N3CCn4ccnc4C3)ncc2Cl)nc2ccccc21. The second-order valence-electron chi connectivity index (χ2n) is 6.46. The van der Waals surface area contributed by atoms with E-state index in [2.05, 4.69) is 30.1 Å². The van der Waals surface area contributed by atoms with Gasteiger partial charge in [-0.05, 0) is 18.2 Å². The Morgan fingerprint density at radius 1 is 1.12 bits per heavy atom. The highest BCUT2D eigenvalue weighted by Crippen LogP contribution is 2.32. The van der Waals surface area contributed by atoms with Gasteiger partial charge in [-0.2, -0.15) is 0 Å². The van der Waals surface area contributed by atoms with Gasteiger partial charge in [0.1, 0.15) is 17.5 Å². The Kier molecular flexibility index (Phi) is 3.46. The standard InChI is InChI=1S/C19H17ClN6/c1-24-16-5-3-2-4-15(16)23-19(24)13-10-17(22-11-14(13)20)26-9-8-25-7-6-21-18(25)12-26/h2-7,10-11H,8-9,12H2,1H3. The molecule has 0 radical (unpaired) electrons. The van der Waals surface area contributed by atoms with E-state index in [1.165, 1.54) is 0 Å². The van der Waals surface area contributed by atoms with Gasteiger partial charge in [0, 0.05) is 44.3 Å². The van der Waals surface area contributed by atoms with Gasteiger partial charge < -0.3 is 14.0 Å². The highest BCUT2D eigenvalue weighted by Gasteiger charge is 2.20. The summed E-state index contributed by atoms with van der Waals surface area (Å²) in [5.74, 6) is 2.79. The molecule has 6 nitrogen and oxygen atoms in total. The maximum Gasteiger partial charge on any atom is 0.142 e. The van der Waals surface area contributed by atoms with Gasteiger partial charge in [-0.25, -0.2) is 15.0 Å². The molecule has 0 unspecified atom stereocenters. The summed E-state index contributed by atoms with van der Waals surface area (Å²) < 4.78 is 4.25. The first-order valence-electron chi connectivity index (χ1n) is 8.53. The lowest BCUT2D eigenvalue weighted by atomic mass is 10.2. The van der Waals surface area contributed by atoms with Gasteiger partial charge in [-0.15, -0.1) is 0 Å². The van der Waals surface area contributed by atoms with E-state index >= 15 is 0 Å². The average Bonchev–Trinajstić information content (AvgIpc) is 3.26. The number of halogens is 1. The normalized spacial score (nSPS) is 14.0. The van der Waals surface area contributed by atoms with Crippen molar-refractivity contribution in [2.45, 2.75) is 13.1 Å². The van der Waals surface area contributed by atoms with E-state index in [-0.39, 0.29) is 0 Å². The molecule has 0 saturated heterocycles. The van der Waals surface area contributed by atoms with Gasteiger partial charge in [0.2, 0.25) is 0 Å². The molecule has 7 heteroatoms. The molecule has 1 aliphatic rings. The number of para-hydroxylation sites is 2. The van der Waals surface area contributed by atoms with Crippen LogP contribution < -0.4 is 4.90 Å². The number of fused-ring (bicyclic) bond motifs is 2. The van der Waals surface area contributed by atoms with Crippen molar-refractivity contribution in [1.29, 1.82) is 0 Å². The molecule has 0 bridgehead atoms. The Morgan fingerprint density at radius 3 is 2.88 bits per heavy atom. The summed E-state index contributed by atoms with van der Waals surface area (Å²) in [5.41, 5.74) is 2.93. The monoisotopic (exact) mass is 364 g/mol. The number of rotatable bonds is 2. The molecule has 0 atom stereocenters. The quantitative estimate of drug-likeness (QED) is 0.546. The smallest absolute Gasteiger partial charge is 0.142 e. The second-order valence-corrected chi connectivity index (χ2v) is 6.87. The van der Waals surface area contributed by atoms with Crippen LogP contribution in [-0.4, -0.2) is 30.6 Å². The number of pyridine rings is 1. The predicted octanol–water partition coefficient (Wildman–Crippen LogP) is 3.51. The van der Waals surface area contributed by atoms with Crippen LogP contribution in [0.1, 0.15) is 5.82 Å². The van der Waals surface area contributed by atoms with Gasteiger partial charge in [-0.3, -0.25) is 0 Å². The summed E-state index contributed by atoms with van der Waals surface area (Å²) in [5, 5.41) is 0.602. The fraction of sp³-hybridized carbons (Fsp3) is 0.211. The zero-order chi connectivity index (χ0) is 17.7. The molecule has 4 aromatic rings. The molecule has 0 fully saturated rings. The number of anilines is 1. The van der Waals surface area contributed by atoms with Gasteiger partial charge in [-0.1, -0.05) is 23.7 Å².